The molecule has 3 rings (SSSR count). The first-order valence-corrected chi connectivity index (χ1v) is 8.93. The van der Waals surface area contributed by atoms with E-state index in [0.29, 0.717) is 24.9 Å². The van der Waals surface area contributed by atoms with Crippen molar-refractivity contribution in [2.24, 2.45) is 0 Å². The molecule has 1 saturated heterocycles. The Morgan fingerprint density at radius 3 is 2.56 bits per heavy atom. The van der Waals surface area contributed by atoms with Crippen molar-refractivity contribution in [3.05, 3.63) is 59.7 Å². The lowest BCUT2D eigenvalue weighted by atomic mass is 10.0. The lowest BCUT2D eigenvalue weighted by Crippen LogP contribution is -2.45. The molecule has 2 aromatic carbocycles. The molecule has 2 aromatic rings. The monoisotopic (exact) mass is 366 g/mol. The number of hydrogen-bond acceptors (Lipinski definition) is 3. The van der Waals surface area contributed by atoms with Crippen molar-refractivity contribution in [1.82, 2.24) is 10.2 Å². The Kier molecular flexibility index (Phi) is 5.54. The molecule has 1 aliphatic heterocycles. The number of carbonyl (C=O) groups is 3. The second kappa shape index (κ2) is 8.03. The summed E-state index contributed by atoms with van der Waals surface area (Å²) in [5.41, 5.74) is 3.54. The number of likely N-dealkylation sites (tertiary alicyclic amines) is 1. The third-order valence-electron chi connectivity index (χ3n) is 4.77. The summed E-state index contributed by atoms with van der Waals surface area (Å²) in [6.45, 7) is 2.21. The van der Waals surface area contributed by atoms with Gasteiger partial charge in [0, 0.05) is 12.1 Å². The zero-order valence-electron chi connectivity index (χ0n) is 15.1. The molecule has 0 unspecified atom stereocenters. The summed E-state index contributed by atoms with van der Waals surface area (Å²) in [6, 6.07) is 14.4. The predicted octanol–water partition coefficient (Wildman–Crippen LogP) is 2.47. The van der Waals surface area contributed by atoms with Gasteiger partial charge in [-0.2, -0.15) is 0 Å². The van der Waals surface area contributed by atoms with Crippen LogP contribution in [0, 0.1) is 6.92 Å². The number of carboxylic acids is 1. The van der Waals surface area contributed by atoms with Gasteiger partial charge in [0.05, 0.1) is 6.54 Å². The fourth-order valence-corrected chi connectivity index (χ4v) is 3.27. The summed E-state index contributed by atoms with van der Waals surface area (Å²) in [6.07, 6.45) is 1.11. The average molecular weight is 366 g/mol. The molecular formula is C21H22N2O4. The van der Waals surface area contributed by atoms with Crippen molar-refractivity contribution in [2.45, 2.75) is 25.8 Å². The number of amides is 2. The van der Waals surface area contributed by atoms with E-state index in [2.05, 4.69) is 5.32 Å². The van der Waals surface area contributed by atoms with Crippen molar-refractivity contribution < 1.29 is 19.5 Å². The molecule has 6 heteroatoms. The van der Waals surface area contributed by atoms with Crippen LogP contribution in [-0.2, 0) is 9.59 Å². The standard InChI is InChI=1S/C21H22N2O4/c1-14-7-9-15(10-8-14)16-4-2-5-17(12-16)20(25)22-13-19(24)23-11-3-6-18(23)21(26)27/h2,4-5,7-10,12,18H,3,6,11,13H2,1H3,(H,22,25)(H,26,27)/t18-/m0/s1. The lowest BCUT2D eigenvalue weighted by Gasteiger charge is -2.21. The van der Waals surface area contributed by atoms with Crippen LogP contribution >= 0.6 is 0 Å². The number of aliphatic carboxylic acids is 1. The Labute approximate surface area is 157 Å². The molecule has 0 saturated carbocycles. The molecule has 0 radical (unpaired) electrons. The Morgan fingerprint density at radius 2 is 1.85 bits per heavy atom. The van der Waals surface area contributed by atoms with Crippen molar-refractivity contribution >= 4 is 17.8 Å². The van der Waals surface area contributed by atoms with Crippen LogP contribution in [0.25, 0.3) is 11.1 Å². The van der Waals surface area contributed by atoms with Gasteiger partial charge in [-0.1, -0.05) is 42.0 Å². The van der Waals surface area contributed by atoms with Crippen LogP contribution in [0.3, 0.4) is 0 Å². The number of carbonyl (C=O) groups excluding carboxylic acids is 2. The quantitative estimate of drug-likeness (QED) is 0.851. The van der Waals surface area contributed by atoms with Gasteiger partial charge in [0.25, 0.3) is 5.91 Å². The van der Waals surface area contributed by atoms with Crippen LogP contribution < -0.4 is 5.32 Å². The number of nitrogens with one attached hydrogen (secondary N) is 1. The molecule has 1 atom stereocenters. The predicted molar refractivity (Wildman–Crippen MR) is 101 cm³/mol. The SMILES string of the molecule is Cc1ccc(-c2cccc(C(=O)NCC(=O)N3CCC[C@H]3C(=O)O)c2)cc1. The molecule has 0 aromatic heterocycles. The number of carboxylic acid groups (broad SMARTS) is 1. The first-order chi connectivity index (χ1) is 13.0. The van der Waals surface area contributed by atoms with Crippen molar-refractivity contribution in [2.75, 3.05) is 13.1 Å². The maximum Gasteiger partial charge on any atom is 0.326 e. The highest BCUT2D eigenvalue weighted by molar-refractivity contribution is 5.98. The fourth-order valence-electron chi connectivity index (χ4n) is 3.27. The van der Waals surface area contributed by atoms with E-state index >= 15 is 0 Å². The number of rotatable bonds is 5. The highest BCUT2D eigenvalue weighted by Gasteiger charge is 2.33. The van der Waals surface area contributed by atoms with Gasteiger partial charge in [-0.05, 0) is 43.0 Å². The largest absolute Gasteiger partial charge is 0.480 e. The maximum absolute atomic E-state index is 12.4. The number of aryl methyl sites for hydroxylation is 1. The summed E-state index contributed by atoms with van der Waals surface area (Å²) >= 11 is 0. The molecule has 0 spiro atoms. The van der Waals surface area contributed by atoms with E-state index < -0.39 is 12.0 Å². The molecule has 0 bridgehead atoms. The molecular weight excluding hydrogens is 344 g/mol. The van der Waals surface area contributed by atoms with Crippen LogP contribution in [0.2, 0.25) is 0 Å². The van der Waals surface area contributed by atoms with Crippen molar-refractivity contribution in [3.63, 3.8) is 0 Å². The maximum atomic E-state index is 12.4. The second-order valence-corrected chi connectivity index (χ2v) is 6.71. The van der Waals surface area contributed by atoms with E-state index in [-0.39, 0.29) is 18.4 Å². The summed E-state index contributed by atoms with van der Waals surface area (Å²) in [4.78, 5) is 37.2. The van der Waals surface area contributed by atoms with Gasteiger partial charge in [0.1, 0.15) is 6.04 Å². The fraction of sp³-hybridized carbons (Fsp3) is 0.286. The van der Waals surface area contributed by atoms with Gasteiger partial charge >= 0.3 is 5.97 Å². The minimum Gasteiger partial charge on any atom is -0.480 e. The molecule has 2 N–H and O–H groups in total. The first kappa shape index (κ1) is 18.6. The second-order valence-electron chi connectivity index (χ2n) is 6.71. The number of hydrogen-bond donors (Lipinski definition) is 2. The van der Waals surface area contributed by atoms with Gasteiger partial charge in [-0.15, -0.1) is 0 Å². The topological polar surface area (TPSA) is 86.7 Å². The van der Waals surface area contributed by atoms with Gasteiger partial charge < -0.3 is 15.3 Å². The van der Waals surface area contributed by atoms with Crippen LogP contribution in [0.15, 0.2) is 48.5 Å². The van der Waals surface area contributed by atoms with Crippen LogP contribution in [0.1, 0.15) is 28.8 Å². The van der Waals surface area contributed by atoms with Crippen LogP contribution in [-0.4, -0.2) is 46.9 Å². The minimum absolute atomic E-state index is 0.211. The van der Waals surface area contributed by atoms with E-state index in [1.807, 2.05) is 37.3 Å². The third-order valence-corrected chi connectivity index (χ3v) is 4.77. The van der Waals surface area contributed by atoms with Gasteiger partial charge in [-0.25, -0.2) is 4.79 Å². The third kappa shape index (κ3) is 4.34. The molecule has 1 aliphatic rings. The molecule has 27 heavy (non-hydrogen) atoms. The summed E-state index contributed by atoms with van der Waals surface area (Å²) in [5.74, 6) is -1.73. The number of benzene rings is 2. The Hall–Kier alpha value is -3.15. The van der Waals surface area contributed by atoms with Gasteiger partial charge in [0.15, 0.2) is 0 Å². The zero-order valence-corrected chi connectivity index (χ0v) is 15.1. The lowest BCUT2D eigenvalue weighted by molar-refractivity contribution is -0.147. The molecule has 2 amide bonds. The van der Waals surface area contributed by atoms with Crippen LogP contribution in [0.5, 0.6) is 0 Å². The Morgan fingerprint density at radius 1 is 1.11 bits per heavy atom. The van der Waals surface area contributed by atoms with E-state index in [1.165, 1.54) is 4.90 Å². The molecule has 1 heterocycles. The summed E-state index contributed by atoms with van der Waals surface area (Å²) in [5, 5.41) is 11.8. The van der Waals surface area contributed by atoms with E-state index in [9.17, 15) is 14.4 Å². The smallest absolute Gasteiger partial charge is 0.326 e. The summed E-state index contributed by atoms with van der Waals surface area (Å²) < 4.78 is 0. The van der Waals surface area contributed by atoms with E-state index in [4.69, 9.17) is 5.11 Å². The Bertz CT molecular complexity index is 861. The summed E-state index contributed by atoms with van der Waals surface area (Å²) in [7, 11) is 0. The average Bonchev–Trinajstić information content (AvgIpc) is 3.17. The highest BCUT2D eigenvalue weighted by Crippen LogP contribution is 2.21. The van der Waals surface area contributed by atoms with Crippen molar-refractivity contribution in [3.8, 4) is 11.1 Å². The van der Waals surface area contributed by atoms with Crippen molar-refractivity contribution in [1.29, 1.82) is 0 Å². The zero-order chi connectivity index (χ0) is 19.4. The first-order valence-electron chi connectivity index (χ1n) is 8.93. The van der Waals surface area contributed by atoms with E-state index in [0.717, 1.165) is 16.7 Å². The normalized spacial score (nSPS) is 16.2. The van der Waals surface area contributed by atoms with Crippen LogP contribution in [0.4, 0.5) is 0 Å². The Balaban J connectivity index is 1.64. The highest BCUT2D eigenvalue weighted by atomic mass is 16.4. The molecule has 1 fully saturated rings. The minimum atomic E-state index is -1.00. The van der Waals surface area contributed by atoms with Gasteiger partial charge in [-0.3, -0.25) is 9.59 Å². The molecule has 6 nitrogen and oxygen atoms in total. The molecule has 0 aliphatic carbocycles. The molecule has 140 valence electrons. The van der Waals surface area contributed by atoms with Gasteiger partial charge in [0.2, 0.25) is 5.91 Å². The number of nitrogens with zero attached hydrogens (tertiary/aromatic N) is 1. The van der Waals surface area contributed by atoms with E-state index in [1.54, 1.807) is 18.2 Å².